The minimum Gasteiger partial charge on any atom is -0.497 e. The van der Waals surface area contributed by atoms with E-state index < -0.39 is 17.6 Å². The number of alkyl halides is 3. The lowest BCUT2D eigenvalue weighted by atomic mass is 9.95. The number of carbonyl (C=O) groups is 1. The van der Waals surface area contributed by atoms with Crippen molar-refractivity contribution < 1.29 is 22.7 Å². The second-order valence-electron chi connectivity index (χ2n) is 7.94. The number of fused-ring (bicyclic) bond motifs is 3. The molecule has 1 aliphatic heterocycles. The third-order valence-electron chi connectivity index (χ3n) is 5.82. The van der Waals surface area contributed by atoms with Crippen LogP contribution in [0.5, 0.6) is 5.75 Å². The van der Waals surface area contributed by atoms with Gasteiger partial charge in [-0.2, -0.15) is 13.2 Å². The largest absolute Gasteiger partial charge is 0.497 e. The number of anilines is 2. The Morgan fingerprint density at radius 1 is 1.00 bits per heavy atom. The molecule has 0 atom stereocenters. The summed E-state index contributed by atoms with van der Waals surface area (Å²) >= 11 is 0. The van der Waals surface area contributed by atoms with Crippen LogP contribution in [0.2, 0.25) is 0 Å². The molecule has 1 amide bonds. The molecule has 0 radical (unpaired) electrons. The quantitative estimate of drug-likeness (QED) is 0.397. The number of amides is 1. The smallest absolute Gasteiger partial charge is 0.416 e. The average molecular weight is 461 g/mol. The molecule has 0 bridgehead atoms. The number of nitrogens with one attached hydrogen (secondary N) is 1. The highest BCUT2D eigenvalue weighted by Gasteiger charge is 2.35. The van der Waals surface area contributed by atoms with Gasteiger partial charge in [0.15, 0.2) is 0 Å². The summed E-state index contributed by atoms with van der Waals surface area (Å²) in [5.74, 6) is 0.0533. The Morgan fingerprint density at radius 3 is 2.44 bits per heavy atom. The average Bonchev–Trinajstić information content (AvgIpc) is 2.84. The Balaban J connectivity index is 1.73. The summed E-state index contributed by atoms with van der Waals surface area (Å²) < 4.78 is 45.4. The van der Waals surface area contributed by atoms with Gasteiger partial charge in [-0.25, -0.2) is 0 Å². The first-order valence-corrected chi connectivity index (χ1v) is 10.4. The standard InChI is InChI=1S/C26H18F3N3O2/c1-34-20-8-5-15(6-9-20)16-7-10-23-21(11-16)24-17(14-31-23)12-22(30)25(33)32(24)19-4-2-3-18(13-19)26(27,28)29/h2-11,13-14,30H,12H2,1H3. The summed E-state index contributed by atoms with van der Waals surface area (Å²) in [6.07, 6.45) is -2.93. The Labute approximate surface area is 192 Å². The molecule has 8 heteroatoms. The molecule has 1 N–H and O–H groups in total. The zero-order valence-corrected chi connectivity index (χ0v) is 18.0. The van der Waals surface area contributed by atoms with Crippen LogP contribution in [0.4, 0.5) is 24.5 Å². The number of carbonyl (C=O) groups excluding carboxylic acids is 1. The number of hydrogen-bond acceptors (Lipinski definition) is 4. The number of halogens is 3. The number of rotatable bonds is 3. The first-order chi connectivity index (χ1) is 16.3. The fraction of sp³-hybridized carbons (Fsp3) is 0.115. The summed E-state index contributed by atoms with van der Waals surface area (Å²) in [6, 6.07) is 17.6. The van der Waals surface area contributed by atoms with Crippen molar-refractivity contribution in [3.63, 3.8) is 0 Å². The maximum atomic E-state index is 13.4. The van der Waals surface area contributed by atoms with E-state index in [9.17, 15) is 18.0 Å². The number of pyridine rings is 1. The zero-order chi connectivity index (χ0) is 24.0. The molecule has 0 fully saturated rings. The van der Waals surface area contributed by atoms with E-state index in [4.69, 9.17) is 10.1 Å². The van der Waals surface area contributed by atoms with Crippen molar-refractivity contribution in [1.82, 2.24) is 4.98 Å². The van der Waals surface area contributed by atoms with Crippen LogP contribution >= 0.6 is 0 Å². The number of ether oxygens (including phenoxy) is 1. The van der Waals surface area contributed by atoms with Gasteiger partial charge in [0.2, 0.25) is 0 Å². The third kappa shape index (κ3) is 3.67. The Bertz CT molecular complexity index is 1450. The van der Waals surface area contributed by atoms with E-state index in [2.05, 4.69) is 4.98 Å². The van der Waals surface area contributed by atoms with Crippen LogP contribution in [0, 0.1) is 5.41 Å². The summed E-state index contributed by atoms with van der Waals surface area (Å²) in [5.41, 5.74) is 2.36. The molecule has 0 saturated carbocycles. The minimum absolute atomic E-state index is 0.0490. The van der Waals surface area contributed by atoms with Gasteiger partial charge >= 0.3 is 6.18 Å². The third-order valence-corrected chi connectivity index (χ3v) is 5.82. The molecular formula is C26H18F3N3O2. The van der Waals surface area contributed by atoms with E-state index in [0.717, 1.165) is 23.3 Å². The normalized spacial score (nSPS) is 13.8. The van der Waals surface area contributed by atoms with Gasteiger partial charge in [0.25, 0.3) is 5.91 Å². The van der Waals surface area contributed by atoms with Crippen LogP contribution in [-0.4, -0.2) is 23.7 Å². The van der Waals surface area contributed by atoms with Crippen molar-refractivity contribution in [2.75, 3.05) is 12.0 Å². The highest BCUT2D eigenvalue weighted by Crippen LogP contribution is 2.41. The minimum atomic E-state index is -4.56. The van der Waals surface area contributed by atoms with Gasteiger partial charge in [0, 0.05) is 29.3 Å². The number of aromatic nitrogens is 1. The van der Waals surface area contributed by atoms with Crippen molar-refractivity contribution in [2.45, 2.75) is 12.6 Å². The van der Waals surface area contributed by atoms with E-state index in [1.165, 1.54) is 17.0 Å². The van der Waals surface area contributed by atoms with Crippen molar-refractivity contribution in [3.05, 3.63) is 84.1 Å². The maximum absolute atomic E-state index is 13.4. The van der Waals surface area contributed by atoms with Crippen molar-refractivity contribution in [2.24, 2.45) is 0 Å². The fourth-order valence-electron chi connectivity index (χ4n) is 4.15. The highest BCUT2D eigenvalue weighted by atomic mass is 19.4. The lowest BCUT2D eigenvalue weighted by Crippen LogP contribution is -2.38. The Morgan fingerprint density at radius 2 is 1.74 bits per heavy atom. The molecule has 0 aliphatic carbocycles. The fourth-order valence-corrected chi connectivity index (χ4v) is 4.15. The number of nitrogens with zero attached hydrogens (tertiary/aromatic N) is 2. The van der Waals surface area contributed by atoms with Gasteiger partial charge in [-0.3, -0.25) is 20.1 Å². The van der Waals surface area contributed by atoms with Crippen LogP contribution in [0.25, 0.3) is 22.0 Å². The SMILES string of the molecule is COc1ccc(-c2ccc3ncc4c(c3c2)N(c2cccc(C(F)(F)F)c2)C(=O)C(=N)C4)cc1. The van der Waals surface area contributed by atoms with E-state index in [1.54, 1.807) is 13.3 Å². The molecule has 1 aliphatic rings. The molecule has 3 aromatic carbocycles. The molecule has 34 heavy (non-hydrogen) atoms. The van der Waals surface area contributed by atoms with Gasteiger partial charge in [-0.05, 0) is 53.6 Å². The molecule has 0 spiro atoms. The van der Waals surface area contributed by atoms with E-state index >= 15 is 0 Å². The van der Waals surface area contributed by atoms with E-state index in [0.29, 0.717) is 27.9 Å². The lowest BCUT2D eigenvalue weighted by molar-refractivity contribution is -0.137. The summed E-state index contributed by atoms with van der Waals surface area (Å²) in [4.78, 5) is 18.8. The van der Waals surface area contributed by atoms with E-state index in [1.807, 2.05) is 42.5 Å². The van der Waals surface area contributed by atoms with Crippen LogP contribution in [0.1, 0.15) is 11.1 Å². The van der Waals surface area contributed by atoms with Crippen molar-refractivity contribution in [1.29, 1.82) is 5.41 Å². The van der Waals surface area contributed by atoms with Gasteiger partial charge in [0.05, 0.1) is 23.9 Å². The predicted molar refractivity (Wildman–Crippen MR) is 124 cm³/mol. The first-order valence-electron chi connectivity index (χ1n) is 10.4. The highest BCUT2D eigenvalue weighted by molar-refractivity contribution is 6.46. The Hall–Kier alpha value is -4.20. The zero-order valence-electron chi connectivity index (χ0n) is 18.0. The number of hydrogen-bond donors (Lipinski definition) is 1. The Kier molecular flexibility index (Phi) is 5.08. The van der Waals surface area contributed by atoms with Crippen LogP contribution in [0.15, 0.2) is 72.9 Å². The van der Waals surface area contributed by atoms with Gasteiger partial charge in [-0.15, -0.1) is 0 Å². The molecular weight excluding hydrogens is 443 g/mol. The van der Waals surface area contributed by atoms with Gasteiger partial charge in [-0.1, -0.05) is 24.3 Å². The van der Waals surface area contributed by atoms with Crippen LogP contribution in [-0.2, 0) is 17.4 Å². The summed E-state index contributed by atoms with van der Waals surface area (Å²) in [5, 5.41) is 8.77. The molecule has 4 aromatic rings. The topological polar surface area (TPSA) is 66.3 Å². The number of methoxy groups -OCH3 is 1. The maximum Gasteiger partial charge on any atom is 0.416 e. The molecule has 2 heterocycles. The molecule has 170 valence electrons. The molecule has 0 unspecified atom stereocenters. The first kappa shape index (κ1) is 21.6. The van der Waals surface area contributed by atoms with Gasteiger partial charge < -0.3 is 4.74 Å². The van der Waals surface area contributed by atoms with E-state index in [-0.39, 0.29) is 17.8 Å². The number of benzene rings is 3. The monoisotopic (exact) mass is 461 g/mol. The summed E-state index contributed by atoms with van der Waals surface area (Å²) in [6.45, 7) is 0. The second kappa shape index (κ2) is 7.98. The molecule has 5 nitrogen and oxygen atoms in total. The predicted octanol–water partition coefficient (Wildman–Crippen LogP) is 6.17. The van der Waals surface area contributed by atoms with Gasteiger partial charge in [0.1, 0.15) is 11.5 Å². The molecule has 0 saturated heterocycles. The van der Waals surface area contributed by atoms with Crippen LogP contribution in [0.3, 0.4) is 0 Å². The van der Waals surface area contributed by atoms with Crippen molar-refractivity contribution >= 4 is 33.9 Å². The lowest BCUT2D eigenvalue weighted by Gasteiger charge is -2.31. The summed E-state index contributed by atoms with van der Waals surface area (Å²) in [7, 11) is 1.58. The second-order valence-corrected chi connectivity index (χ2v) is 7.94. The molecule has 1 aromatic heterocycles. The van der Waals surface area contributed by atoms with Crippen LogP contribution < -0.4 is 9.64 Å². The molecule has 5 rings (SSSR count). The van der Waals surface area contributed by atoms with Crippen molar-refractivity contribution in [3.8, 4) is 16.9 Å².